The third kappa shape index (κ3) is 1.81. The van der Waals surface area contributed by atoms with E-state index in [-0.39, 0.29) is 11.9 Å². The number of carbonyl (C=O) groups is 1. The maximum Gasteiger partial charge on any atom is 0.270 e. The molecule has 5 nitrogen and oxygen atoms in total. The van der Waals surface area contributed by atoms with Crippen molar-refractivity contribution in [2.75, 3.05) is 6.54 Å². The molecule has 0 aromatic carbocycles. The van der Waals surface area contributed by atoms with Crippen LogP contribution >= 0.6 is 0 Å². The van der Waals surface area contributed by atoms with Crippen molar-refractivity contribution in [3.63, 3.8) is 0 Å². The number of nitrogens with zero attached hydrogens (tertiary/aromatic N) is 2. The van der Waals surface area contributed by atoms with Gasteiger partial charge in [0.2, 0.25) is 0 Å². The molecule has 19 heavy (non-hydrogen) atoms. The van der Waals surface area contributed by atoms with Gasteiger partial charge in [0.15, 0.2) is 0 Å². The number of hydrogen-bond acceptors (Lipinski definition) is 3. The van der Waals surface area contributed by atoms with Crippen LogP contribution in [0.5, 0.6) is 0 Å². The lowest BCUT2D eigenvalue weighted by molar-refractivity contribution is 0.0923. The van der Waals surface area contributed by atoms with E-state index in [4.69, 9.17) is 0 Å². The maximum atomic E-state index is 12.2. The summed E-state index contributed by atoms with van der Waals surface area (Å²) in [6, 6.07) is 6.45. The number of rotatable bonds is 2. The molecule has 1 amide bonds. The van der Waals surface area contributed by atoms with Crippen LogP contribution in [0.2, 0.25) is 0 Å². The Bertz CT molecular complexity index is 635. The van der Waals surface area contributed by atoms with Gasteiger partial charge in [-0.2, -0.15) is 0 Å². The summed E-state index contributed by atoms with van der Waals surface area (Å²) in [5, 5.41) is 6.56. The first-order valence-corrected chi connectivity index (χ1v) is 6.76. The van der Waals surface area contributed by atoms with Crippen LogP contribution in [0.25, 0.3) is 5.52 Å². The highest BCUT2D eigenvalue weighted by molar-refractivity contribution is 5.93. The van der Waals surface area contributed by atoms with E-state index in [1.165, 1.54) is 6.42 Å². The van der Waals surface area contributed by atoms with E-state index >= 15 is 0 Å². The minimum absolute atomic E-state index is 0.0666. The van der Waals surface area contributed by atoms with E-state index in [0.717, 1.165) is 24.4 Å². The monoisotopic (exact) mass is 256 g/mol. The molecule has 1 saturated heterocycles. The Morgan fingerprint density at radius 2 is 2.42 bits per heavy atom. The van der Waals surface area contributed by atoms with Gasteiger partial charge < -0.3 is 15.0 Å². The molecule has 98 valence electrons. The molecule has 4 rings (SSSR count). The van der Waals surface area contributed by atoms with Gasteiger partial charge >= 0.3 is 0 Å². The zero-order chi connectivity index (χ0) is 12.8. The van der Waals surface area contributed by atoms with Crippen molar-refractivity contribution in [2.24, 2.45) is 5.92 Å². The first-order chi connectivity index (χ1) is 9.29. The third-order valence-electron chi connectivity index (χ3n) is 4.30. The molecule has 2 aromatic heterocycles. The molecule has 0 unspecified atom stereocenters. The van der Waals surface area contributed by atoms with Gasteiger partial charge in [0.05, 0.1) is 6.33 Å². The van der Waals surface area contributed by atoms with Crippen LogP contribution in [0.15, 0.2) is 30.7 Å². The molecule has 3 atom stereocenters. The van der Waals surface area contributed by atoms with E-state index in [1.807, 2.05) is 28.8 Å². The molecule has 3 heterocycles. The lowest BCUT2D eigenvalue weighted by atomic mass is 10.1. The zero-order valence-corrected chi connectivity index (χ0v) is 10.5. The van der Waals surface area contributed by atoms with Crippen molar-refractivity contribution < 1.29 is 4.79 Å². The average molecular weight is 256 g/mol. The molecule has 5 heteroatoms. The summed E-state index contributed by atoms with van der Waals surface area (Å²) < 4.78 is 1.90. The number of nitrogens with one attached hydrogen (secondary N) is 2. The first kappa shape index (κ1) is 11.0. The van der Waals surface area contributed by atoms with E-state index in [0.29, 0.717) is 11.7 Å². The average Bonchev–Trinajstić information content (AvgIpc) is 3.13. The highest BCUT2D eigenvalue weighted by Crippen LogP contribution is 2.31. The molecular formula is C14H16N4O. The van der Waals surface area contributed by atoms with E-state index in [9.17, 15) is 4.79 Å². The SMILES string of the molecule is O=C(N[C@@H]1C[C@H]2CN[C@@H]1C2)c1cc2cccn2cn1. The summed E-state index contributed by atoms with van der Waals surface area (Å²) in [6.07, 6.45) is 5.89. The van der Waals surface area contributed by atoms with Crippen LogP contribution in [0.1, 0.15) is 23.3 Å². The number of hydrogen-bond donors (Lipinski definition) is 2. The number of fused-ring (bicyclic) bond motifs is 3. The van der Waals surface area contributed by atoms with Gasteiger partial charge in [0.1, 0.15) is 5.69 Å². The predicted octanol–water partition coefficient (Wildman–Crippen LogP) is 0.814. The fourth-order valence-electron chi connectivity index (χ4n) is 3.32. The summed E-state index contributed by atoms with van der Waals surface area (Å²) >= 11 is 0. The predicted molar refractivity (Wildman–Crippen MR) is 71.0 cm³/mol. The fourth-order valence-corrected chi connectivity index (χ4v) is 3.32. The van der Waals surface area contributed by atoms with Crippen LogP contribution in [-0.4, -0.2) is 33.9 Å². The number of piperidine rings is 1. The van der Waals surface area contributed by atoms with Gasteiger partial charge in [-0.25, -0.2) is 4.98 Å². The van der Waals surface area contributed by atoms with Gasteiger partial charge in [0.25, 0.3) is 5.91 Å². The van der Waals surface area contributed by atoms with Crippen LogP contribution in [0.4, 0.5) is 0 Å². The summed E-state index contributed by atoms with van der Waals surface area (Å²) in [5.41, 5.74) is 1.49. The highest BCUT2D eigenvalue weighted by Gasteiger charge is 2.40. The highest BCUT2D eigenvalue weighted by atomic mass is 16.2. The van der Waals surface area contributed by atoms with Crippen LogP contribution in [0, 0.1) is 5.92 Å². The second-order valence-electron chi connectivity index (χ2n) is 5.55. The third-order valence-corrected chi connectivity index (χ3v) is 4.30. The van der Waals surface area contributed by atoms with Gasteiger partial charge in [0, 0.05) is 23.8 Å². The lowest BCUT2D eigenvalue weighted by Gasteiger charge is -2.23. The second kappa shape index (κ2) is 4.06. The molecule has 1 aliphatic carbocycles. The van der Waals surface area contributed by atoms with Gasteiger partial charge in [-0.15, -0.1) is 0 Å². The van der Waals surface area contributed by atoms with E-state index in [2.05, 4.69) is 15.6 Å². The number of carbonyl (C=O) groups excluding carboxylic acids is 1. The van der Waals surface area contributed by atoms with E-state index < -0.39 is 0 Å². The molecular weight excluding hydrogens is 240 g/mol. The van der Waals surface area contributed by atoms with Crippen molar-refractivity contribution in [3.8, 4) is 0 Å². The van der Waals surface area contributed by atoms with Gasteiger partial charge in [-0.1, -0.05) is 0 Å². The van der Waals surface area contributed by atoms with Crippen LogP contribution in [-0.2, 0) is 0 Å². The quantitative estimate of drug-likeness (QED) is 0.836. The summed E-state index contributed by atoms with van der Waals surface area (Å²) in [4.78, 5) is 16.4. The van der Waals surface area contributed by atoms with Crippen molar-refractivity contribution in [3.05, 3.63) is 36.4 Å². The molecule has 0 spiro atoms. The standard InChI is InChI=1S/C14H16N4O/c19-14(17-12-5-9-4-11(12)15-7-9)13-6-10-2-1-3-18(10)8-16-13/h1-3,6,8-9,11-12,15H,4-5,7H2,(H,17,19)/t9-,11+,12+/m0/s1. The molecule has 2 aromatic rings. The van der Waals surface area contributed by atoms with Crippen molar-refractivity contribution in [1.29, 1.82) is 0 Å². The Morgan fingerprint density at radius 1 is 1.47 bits per heavy atom. The van der Waals surface area contributed by atoms with Gasteiger partial charge in [-0.3, -0.25) is 4.79 Å². The van der Waals surface area contributed by atoms with Crippen LogP contribution < -0.4 is 10.6 Å². The van der Waals surface area contributed by atoms with Gasteiger partial charge in [-0.05, 0) is 43.5 Å². The minimum Gasteiger partial charge on any atom is -0.346 e. The molecule has 2 aliphatic rings. The number of amides is 1. The molecule has 2 N–H and O–H groups in total. The number of aromatic nitrogens is 2. The summed E-state index contributed by atoms with van der Waals surface area (Å²) in [6.45, 7) is 1.10. The molecule has 2 fully saturated rings. The Hall–Kier alpha value is -1.88. The normalized spacial score (nSPS) is 28.9. The molecule has 2 bridgehead atoms. The Balaban J connectivity index is 1.53. The largest absolute Gasteiger partial charge is 0.346 e. The van der Waals surface area contributed by atoms with Crippen molar-refractivity contribution in [2.45, 2.75) is 24.9 Å². The maximum absolute atomic E-state index is 12.2. The fraction of sp³-hybridized carbons (Fsp3) is 0.429. The Kier molecular flexibility index (Phi) is 2.35. The van der Waals surface area contributed by atoms with E-state index in [1.54, 1.807) is 6.33 Å². The topological polar surface area (TPSA) is 58.4 Å². The Labute approximate surface area is 111 Å². The zero-order valence-electron chi connectivity index (χ0n) is 10.5. The first-order valence-electron chi connectivity index (χ1n) is 6.76. The van der Waals surface area contributed by atoms with Crippen LogP contribution in [0.3, 0.4) is 0 Å². The van der Waals surface area contributed by atoms with Crippen molar-refractivity contribution >= 4 is 11.4 Å². The second-order valence-corrected chi connectivity index (χ2v) is 5.55. The minimum atomic E-state index is -0.0666. The summed E-state index contributed by atoms with van der Waals surface area (Å²) in [7, 11) is 0. The Morgan fingerprint density at radius 3 is 3.21 bits per heavy atom. The molecule has 1 aliphatic heterocycles. The summed E-state index contributed by atoms with van der Waals surface area (Å²) in [5.74, 6) is 0.666. The molecule has 1 saturated carbocycles. The smallest absolute Gasteiger partial charge is 0.270 e. The van der Waals surface area contributed by atoms with Crippen molar-refractivity contribution in [1.82, 2.24) is 20.0 Å². The lowest BCUT2D eigenvalue weighted by Crippen LogP contribution is -2.48. The molecule has 0 radical (unpaired) electrons.